The largest absolute Gasteiger partial charge is 0.444 e. The van der Waals surface area contributed by atoms with E-state index in [1.165, 1.54) is 12.8 Å². The van der Waals surface area contributed by atoms with E-state index >= 15 is 0 Å². The van der Waals surface area contributed by atoms with Crippen molar-refractivity contribution >= 4 is 38.0 Å². The molecule has 0 atom stereocenters. The van der Waals surface area contributed by atoms with Crippen molar-refractivity contribution in [1.29, 1.82) is 0 Å². The Kier molecular flexibility index (Phi) is 7.06. The third-order valence-corrected chi connectivity index (χ3v) is 4.30. The number of allylic oxidation sites excluding steroid dienone is 1. The van der Waals surface area contributed by atoms with Crippen molar-refractivity contribution < 1.29 is 9.53 Å². The molecule has 0 N–H and O–H groups in total. The van der Waals surface area contributed by atoms with E-state index in [1.54, 1.807) is 4.90 Å². The molecule has 116 valence electrons. The number of hydrogen-bond acceptors (Lipinski definition) is 2. The lowest BCUT2D eigenvalue weighted by Crippen LogP contribution is -2.42. The number of carbonyl (C=O) groups excluding carboxylic acids is 1. The maximum absolute atomic E-state index is 12.0. The van der Waals surface area contributed by atoms with E-state index in [1.807, 2.05) is 27.8 Å². The lowest BCUT2D eigenvalue weighted by molar-refractivity contribution is 0.0173. The molecule has 0 aromatic rings. The maximum atomic E-state index is 12.0. The van der Waals surface area contributed by atoms with Crippen LogP contribution in [-0.4, -0.2) is 29.7 Å². The number of ether oxygens (including phenoxy) is 1. The number of hydrogen-bond donors (Lipinski definition) is 0. The minimum absolute atomic E-state index is 0.205. The molecule has 0 radical (unpaired) electrons. The summed E-state index contributed by atoms with van der Waals surface area (Å²) in [6, 6.07) is 0.317. The number of rotatable bonds is 3. The Balaban J connectivity index is 2.41. The second-order valence-corrected chi connectivity index (χ2v) is 9.27. The van der Waals surface area contributed by atoms with E-state index in [2.05, 4.69) is 37.9 Å². The average molecular weight is 411 g/mol. The van der Waals surface area contributed by atoms with E-state index in [4.69, 9.17) is 4.74 Å². The fraction of sp³-hybridized carbons (Fsp3) is 0.800. The zero-order valence-electron chi connectivity index (χ0n) is 12.8. The van der Waals surface area contributed by atoms with Gasteiger partial charge < -0.3 is 9.64 Å². The first-order chi connectivity index (χ1) is 9.19. The minimum atomic E-state index is -0.421. The van der Waals surface area contributed by atoms with Gasteiger partial charge in [0.05, 0.1) is 3.39 Å². The number of nitrogens with zero attached hydrogens (tertiary/aromatic N) is 1. The molecule has 0 unspecified atom stereocenters. The van der Waals surface area contributed by atoms with Crippen LogP contribution in [0.3, 0.4) is 0 Å². The number of carbonyl (C=O) groups is 1. The van der Waals surface area contributed by atoms with Crippen LogP contribution in [0.4, 0.5) is 4.79 Å². The molecular formula is C15H25Br2NO2. The Hall–Kier alpha value is -0.0300. The molecule has 1 saturated carbocycles. The van der Waals surface area contributed by atoms with Gasteiger partial charge in [0.15, 0.2) is 0 Å². The first kappa shape index (κ1) is 18.0. The monoisotopic (exact) mass is 409 g/mol. The quantitative estimate of drug-likeness (QED) is 0.620. The second-order valence-electron chi connectivity index (χ2n) is 6.50. The van der Waals surface area contributed by atoms with Gasteiger partial charge in [-0.3, -0.25) is 0 Å². The van der Waals surface area contributed by atoms with Crippen LogP contribution in [0.2, 0.25) is 0 Å². The summed E-state index contributed by atoms with van der Waals surface area (Å²) in [6.07, 6.45) is 7.52. The van der Waals surface area contributed by atoms with Gasteiger partial charge in [0.25, 0.3) is 0 Å². The summed E-state index contributed by atoms with van der Waals surface area (Å²) < 4.78 is 6.45. The van der Waals surface area contributed by atoms with Gasteiger partial charge in [-0.25, -0.2) is 4.79 Å². The van der Waals surface area contributed by atoms with Gasteiger partial charge in [-0.05, 0) is 90.7 Å². The molecule has 0 spiro atoms. The van der Waals surface area contributed by atoms with Crippen LogP contribution >= 0.6 is 31.9 Å². The number of amides is 1. The molecule has 20 heavy (non-hydrogen) atoms. The smallest absolute Gasteiger partial charge is 0.410 e. The van der Waals surface area contributed by atoms with Crippen molar-refractivity contribution in [1.82, 2.24) is 4.90 Å². The van der Waals surface area contributed by atoms with E-state index in [0.717, 1.165) is 28.6 Å². The number of halogens is 2. The van der Waals surface area contributed by atoms with Gasteiger partial charge in [-0.2, -0.15) is 0 Å². The summed E-state index contributed by atoms with van der Waals surface area (Å²) in [7, 11) is 1.86. The molecular weight excluding hydrogens is 386 g/mol. The molecule has 0 aromatic carbocycles. The first-order valence-electron chi connectivity index (χ1n) is 7.16. The molecule has 1 amide bonds. The van der Waals surface area contributed by atoms with Crippen molar-refractivity contribution in [2.75, 3.05) is 7.05 Å². The van der Waals surface area contributed by atoms with Gasteiger partial charge in [-0.15, -0.1) is 0 Å². The molecule has 1 rings (SSSR count). The first-order valence-corrected chi connectivity index (χ1v) is 8.74. The zero-order chi connectivity index (χ0) is 15.3. The summed E-state index contributed by atoms with van der Waals surface area (Å²) >= 11 is 6.78. The van der Waals surface area contributed by atoms with Gasteiger partial charge >= 0.3 is 6.09 Å². The van der Waals surface area contributed by atoms with Gasteiger partial charge in [0.2, 0.25) is 0 Å². The maximum Gasteiger partial charge on any atom is 0.410 e. The van der Waals surface area contributed by atoms with Crippen LogP contribution in [0.15, 0.2) is 9.47 Å². The predicted octanol–water partition coefficient (Wildman–Crippen LogP) is 5.43. The van der Waals surface area contributed by atoms with Crippen molar-refractivity contribution in [3.05, 3.63) is 9.47 Å². The Bertz CT molecular complexity index is 351. The van der Waals surface area contributed by atoms with E-state index < -0.39 is 5.60 Å². The summed E-state index contributed by atoms with van der Waals surface area (Å²) in [5, 5.41) is 0. The lowest BCUT2D eigenvalue weighted by Gasteiger charge is -2.35. The average Bonchev–Trinajstić information content (AvgIpc) is 2.34. The second kappa shape index (κ2) is 7.83. The van der Waals surface area contributed by atoms with Gasteiger partial charge in [0, 0.05) is 13.1 Å². The van der Waals surface area contributed by atoms with Crippen molar-refractivity contribution in [2.24, 2.45) is 5.92 Å². The molecule has 1 aliphatic rings. The third kappa shape index (κ3) is 6.61. The van der Waals surface area contributed by atoms with Crippen LogP contribution in [-0.2, 0) is 4.74 Å². The molecule has 0 heterocycles. The van der Waals surface area contributed by atoms with Crippen molar-refractivity contribution in [3.8, 4) is 0 Å². The normalized spacial score (nSPS) is 23.1. The van der Waals surface area contributed by atoms with Gasteiger partial charge in [0.1, 0.15) is 5.60 Å². The molecule has 1 aliphatic carbocycles. The highest BCUT2D eigenvalue weighted by molar-refractivity contribution is 9.28. The predicted molar refractivity (Wildman–Crippen MR) is 90.3 cm³/mol. The van der Waals surface area contributed by atoms with E-state index in [0.29, 0.717) is 6.04 Å². The Morgan fingerprint density at radius 1 is 1.25 bits per heavy atom. The summed E-state index contributed by atoms with van der Waals surface area (Å²) in [5.74, 6) is 0.725. The standard InChI is InChI=1S/C15H25Br2NO2/c1-15(2,3)20-14(19)18(4)12-8-5-11(6-9-12)7-10-13(16)17/h10-12H,5-9H2,1-4H3. The molecule has 0 aromatic heterocycles. The Morgan fingerprint density at radius 3 is 2.25 bits per heavy atom. The highest BCUT2D eigenvalue weighted by Crippen LogP contribution is 2.31. The molecule has 0 saturated heterocycles. The highest BCUT2D eigenvalue weighted by Gasteiger charge is 2.28. The Labute approximate surface area is 139 Å². The van der Waals surface area contributed by atoms with Crippen LogP contribution in [0, 0.1) is 5.92 Å². The van der Waals surface area contributed by atoms with Crippen LogP contribution in [0.25, 0.3) is 0 Å². The molecule has 5 heteroatoms. The SMILES string of the molecule is CN(C(=O)OC(C)(C)C)C1CCC(CC=C(Br)Br)CC1. The molecule has 1 fully saturated rings. The summed E-state index contributed by atoms with van der Waals surface area (Å²) in [6.45, 7) is 5.71. The Morgan fingerprint density at radius 2 is 1.80 bits per heavy atom. The van der Waals surface area contributed by atoms with Crippen molar-refractivity contribution in [3.63, 3.8) is 0 Å². The van der Waals surface area contributed by atoms with E-state index in [9.17, 15) is 4.79 Å². The summed E-state index contributed by atoms with van der Waals surface area (Å²) in [4.78, 5) is 13.8. The van der Waals surface area contributed by atoms with Crippen molar-refractivity contribution in [2.45, 2.75) is 64.5 Å². The molecule has 3 nitrogen and oxygen atoms in total. The third-order valence-electron chi connectivity index (χ3n) is 3.65. The minimum Gasteiger partial charge on any atom is -0.444 e. The van der Waals surface area contributed by atoms with Crippen LogP contribution < -0.4 is 0 Å². The lowest BCUT2D eigenvalue weighted by atomic mass is 9.84. The van der Waals surface area contributed by atoms with Gasteiger partial charge in [-0.1, -0.05) is 6.08 Å². The fourth-order valence-electron chi connectivity index (χ4n) is 2.51. The topological polar surface area (TPSA) is 29.5 Å². The van der Waals surface area contributed by atoms with Crippen LogP contribution in [0.5, 0.6) is 0 Å². The summed E-state index contributed by atoms with van der Waals surface area (Å²) in [5.41, 5.74) is -0.421. The zero-order valence-corrected chi connectivity index (χ0v) is 16.0. The fourth-order valence-corrected chi connectivity index (χ4v) is 2.88. The van der Waals surface area contributed by atoms with Crippen LogP contribution in [0.1, 0.15) is 52.9 Å². The molecule has 0 bridgehead atoms. The van der Waals surface area contributed by atoms with E-state index in [-0.39, 0.29) is 6.09 Å². The highest BCUT2D eigenvalue weighted by atomic mass is 79.9. The molecule has 0 aliphatic heterocycles.